The molecule has 7 heteroatoms. The average Bonchev–Trinajstić information content (AvgIpc) is 3.04. The molecule has 0 radical (unpaired) electrons. The van der Waals surface area contributed by atoms with Gasteiger partial charge in [-0.2, -0.15) is 0 Å². The minimum Gasteiger partial charge on any atom is -0.338 e. The lowest BCUT2D eigenvalue weighted by Gasteiger charge is -2.36. The number of carbonyl (C=O) groups is 2. The first kappa shape index (κ1) is 17.1. The van der Waals surface area contributed by atoms with Crippen LogP contribution in [0.1, 0.15) is 34.6 Å². The van der Waals surface area contributed by atoms with E-state index in [2.05, 4.69) is 16.0 Å². The van der Waals surface area contributed by atoms with Gasteiger partial charge in [-0.3, -0.25) is 14.6 Å². The van der Waals surface area contributed by atoms with Gasteiger partial charge in [0.15, 0.2) is 0 Å². The number of aromatic nitrogens is 2. The first-order valence-corrected chi connectivity index (χ1v) is 9.96. The first-order chi connectivity index (χ1) is 12.7. The standard InChI is InChI=1S/C19H22N4O2S/c24-18(6-5-16-2-1-9-26-16)23-12-14-3-4-15(23)13-22(11-14)19(25)17-10-20-7-8-21-17/h1-2,7-10,14-15H,3-6,11-13H2/t14-,15+/m1/s1. The van der Waals surface area contributed by atoms with Crippen molar-refractivity contribution in [1.29, 1.82) is 0 Å². The fourth-order valence-electron chi connectivity index (χ4n) is 3.95. The second kappa shape index (κ2) is 7.53. The van der Waals surface area contributed by atoms with Crippen LogP contribution in [0, 0.1) is 5.92 Å². The molecule has 3 aliphatic heterocycles. The average molecular weight is 370 g/mol. The molecule has 0 aliphatic carbocycles. The number of thiophene rings is 1. The maximum absolute atomic E-state index is 12.8. The fourth-order valence-corrected chi connectivity index (χ4v) is 4.66. The maximum Gasteiger partial charge on any atom is 0.274 e. The SMILES string of the molecule is O=C(c1cnccn1)N1C[C@H]2CC[C@@H](C1)N(C(=O)CCc1cccs1)C2. The molecule has 0 N–H and O–H groups in total. The zero-order valence-corrected chi connectivity index (χ0v) is 15.4. The van der Waals surface area contributed by atoms with Gasteiger partial charge >= 0.3 is 0 Å². The van der Waals surface area contributed by atoms with Crippen LogP contribution in [-0.4, -0.2) is 57.3 Å². The van der Waals surface area contributed by atoms with Gasteiger partial charge in [-0.1, -0.05) is 6.07 Å². The predicted molar refractivity (Wildman–Crippen MR) is 98.8 cm³/mol. The molecule has 26 heavy (non-hydrogen) atoms. The number of hydrogen-bond donors (Lipinski definition) is 0. The molecule has 2 amide bonds. The lowest BCUT2D eigenvalue weighted by atomic mass is 9.94. The minimum absolute atomic E-state index is 0.0807. The molecule has 3 aliphatic rings. The highest BCUT2D eigenvalue weighted by Gasteiger charge is 2.38. The van der Waals surface area contributed by atoms with E-state index >= 15 is 0 Å². The van der Waals surface area contributed by atoms with Crippen LogP contribution >= 0.6 is 11.3 Å². The van der Waals surface area contributed by atoms with Crippen LogP contribution in [0.2, 0.25) is 0 Å². The number of amides is 2. The summed E-state index contributed by atoms with van der Waals surface area (Å²) in [6.45, 7) is 2.05. The van der Waals surface area contributed by atoms with Crippen molar-refractivity contribution in [3.05, 3.63) is 46.7 Å². The molecule has 0 aromatic carbocycles. The van der Waals surface area contributed by atoms with E-state index in [1.165, 1.54) is 11.1 Å². The zero-order valence-electron chi connectivity index (χ0n) is 14.6. The molecule has 2 atom stereocenters. The highest BCUT2D eigenvalue weighted by Crippen LogP contribution is 2.29. The van der Waals surface area contributed by atoms with Crippen LogP contribution in [0.4, 0.5) is 0 Å². The Balaban J connectivity index is 1.43. The summed E-state index contributed by atoms with van der Waals surface area (Å²) in [5, 5.41) is 2.05. The van der Waals surface area contributed by atoms with Crippen molar-refractivity contribution in [2.45, 2.75) is 31.7 Å². The smallest absolute Gasteiger partial charge is 0.274 e. The predicted octanol–water partition coefficient (Wildman–Crippen LogP) is 2.23. The monoisotopic (exact) mass is 370 g/mol. The second-order valence-corrected chi connectivity index (χ2v) is 8.06. The molecule has 6 nitrogen and oxygen atoms in total. The summed E-state index contributed by atoms with van der Waals surface area (Å²) in [5.41, 5.74) is 0.379. The van der Waals surface area contributed by atoms with E-state index in [9.17, 15) is 9.59 Å². The van der Waals surface area contributed by atoms with E-state index < -0.39 is 0 Å². The summed E-state index contributed by atoms with van der Waals surface area (Å²) in [6.07, 6.45) is 8.01. The number of nitrogens with zero attached hydrogens (tertiary/aromatic N) is 4. The third-order valence-corrected chi connectivity index (χ3v) is 6.20. The maximum atomic E-state index is 12.8. The van der Waals surface area contributed by atoms with Crippen LogP contribution in [0.15, 0.2) is 36.1 Å². The van der Waals surface area contributed by atoms with E-state index in [1.807, 2.05) is 21.2 Å². The fraction of sp³-hybridized carbons (Fsp3) is 0.474. The lowest BCUT2D eigenvalue weighted by molar-refractivity contribution is -0.135. The van der Waals surface area contributed by atoms with E-state index in [0.717, 1.165) is 25.8 Å². The molecule has 3 saturated heterocycles. The molecular weight excluding hydrogens is 348 g/mol. The van der Waals surface area contributed by atoms with Gasteiger partial charge in [0, 0.05) is 49.4 Å². The second-order valence-electron chi connectivity index (χ2n) is 7.02. The number of hydrogen-bond acceptors (Lipinski definition) is 5. The molecule has 2 aromatic heterocycles. The van der Waals surface area contributed by atoms with Gasteiger partial charge < -0.3 is 9.80 Å². The van der Waals surface area contributed by atoms with Crippen LogP contribution in [0.5, 0.6) is 0 Å². The molecule has 0 unspecified atom stereocenters. The van der Waals surface area contributed by atoms with Crippen molar-refractivity contribution in [1.82, 2.24) is 19.8 Å². The van der Waals surface area contributed by atoms with E-state index in [-0.39, 0.29) is 17.9 Å². The summed E-state index contributed by atoms with van der Waals surface area (Å²) in [5.74, 6) is 0.477. The van der Waals surface area contributed by atoms with Gasteiger partial charge in [-0.25, -0.2) is 4.98 Å². The molecular formula is C19H22N4O2S. The van der Waals surface area contributed by atoms with Crippen LogP contribution in [0.25, 0.3) is 0 Å². The van der Waals surface area contributed by atoms with Crippen molar-refractivity contribution in [3.8, 4) is 0 Å². The molecule has 2 aromatic rings. The zero-order chi connectivity index (χ0) is 17.9. The van der Waals surface area contributed by atoms with E-state index in [1.54, 1.807) is 23.7 Å². The van der Waals surface area contributed by atoms with E-state index in [0.29, 0.717) is 31.1 Å². The summed E-state index contributed by atoms with van der Waals surface area (Å²) < 4.78 is 0. The van der Waals surface area contributed by atoms with E-state index in [4.69, 9.17) is 0 Å². The van der Waals surface area contributed by atoms with Gasteiger partial charge in [-0.05, 0) is 36.6 Å². The Bertz CT molecular complexity index is 765. The quantitative estimate of drug-likeness (QED) is 0.828. The van der Waals surface area contributed by atoms with Crippen LogP contribution < -0.4 is 0 Å². The van der Waals surface area contributed by atoms with Crippen LogP contribution in [-0.2, 0) is 11.2 Å². The minimum atomic E-state index is -0.0807. The summed E-state index contributed by atoms with van der Waals surface area (Å²) in [7, 11) is 0. The Hall–Kier alpha value is -2.28. The summed E-state index contributed by atoms with van der Waals surface area (Å²) >= 11 is 1.70. The molecule has 0 spiro atoms. The topological polar surface area (TPSA) is 66.4 Å². The van der Waals surface area contributed by atoms with Crippen molar-refractivity contribution in [3.63, 3.8) is 0 Å². The Labute approximate surface area is 156 Å². The largest absolute Gasteiger partial charge is 0.338 e. The van der Waals surface area contributed by atoms with Gasteiger partial charge in [0.2, 0.25) is 5.91 Å². The number of fused-ring (bicyclic) bond motifs is 4. The highest BCUT2D eigenvalue weighted by molar-refractivity contribution is 7.09. The number of carbonyl (C=O) groups excluding carboxylic acids is 2. The summed E-state index contributed by atoms with van der Waals surface area (Å²) in [4.78, 5) is 38.8. The number of aryl methyl sites for hydroxylation is 1. The number of piperidine rings is 1. The third kappa shape index (κ3) is 3.62. The molecule has 0 saturated carbocycles. The normalized spacial score (nSPS) is 22.3. The van der Waals surface area contributed by atoms with Crippen molar-refractivity contribution < 1.29 is 9.59 Å². The van der Waals surface area contributed by atoms with Crippen molar-refractivity contribution in [2.24, 2.45) is 5.92 Å². The Morgan fingerprint density at radius 1 is 1.19 bits per heavy atom. The Kier molecular flexibility index (Phi) is 4.97. The Morgan fingerprint density at radius 2 is 2.12 bits per heavy atom. The molecule has 3 fully saturated rings. The molecule has 2 bridgehead atoms. The number of rotatable bonds is 4. The summed E-state index contributed by atoms with van der Waals surface area (Å²) in [6, 6.07) is 4.22. The first-order valence-electron chi connectivity index (χ1n) is 9.08. The van der Waals surface area contributed by atoms with Gasteiger partial charge in [0.25, 0.3) is 5.91 Å². The molecule has 5 rings (SSSR count). The van der Waals surface area contributed by atoms with Crippen molar-refractivity contribution in [2.75, 3.05) is 19.6 Å². The highest BCUT2D eigenvalue weighted by atomic mass is 32.1. The van der Waals surface area contributed by atoms with Gasteiger partial charge in [0.1, 0.15) is 5.69 Å². The molecule has 136 valence electrons. The Morgan fingerprint density at radius 3 is 2.88 bits per heavy atom. The van der Waals surface area contributed by atoms with Crippen LogP contribution in [0.3, 0.4) is 0 Å². The van der Waals surface area contributed by atoms with Gasteiger partial charge in [-0.15, -0.1) is 11.3 Å². The van der Waals surface area contributed by atoms with Gasteiger partial charge in [0.05, 0.1) is 6.20 Å². The lowest BCUT2D eigenvalue weighted by Crippen LogP contribution is -2.47. The third-order valence-electron chi connectivity index (χ3n) is 5.27. The van der Waals surface area contributed by atoms with Crippen molar-refractivity contribution >= 4 is 23.2 Å². The molecule has 5 heterocycles.